The van der Waals surface area contributed by atoms with Crippen LogP contribution in [0.15, 0.2) is 121 Å². The van der Waals surface area contributed by atoms with Crippen LogP contribution in [0.3, 0.4) is 0 Å². The van der Waals surface area contributed by atoms with Gasteiger partial charge in [0.2, 0.25) is 0 Å². The molecule has 0 aromatic heterocycles. The molecule has 0 saturated heterocycles. The van der Waals surface area contributed by atoms with Crippen molar-refractivity contribution >= 4 is 24.8 Å². The van der Waals surface area contributed by atoms with E-state index in [1.165, 1.54) is 19.1 Å². The van der Waals surface area contributed by atoms with E-state index in [4.69, 9.17) is 28.1 Å². The first-order chi connectivity index (χ1) is 24.2. The number of hydrogen-bond donors (Lipinski definition) is 1. The zero-order valence-corrected chi connectivity index (χ0v) is 30.8. The summed E-state index contributed by atoms with van der Waals surface area (Å²) in [6.45, 7) is 6.24. The molecule has 0 fully saturated rings. The highest BCUT2D eigenvalue weighted by Gasteiger charge is 2.51. The molecule has 9 nitrogen and oxygen atoms in total. The standard InChI is InChI=1S/C40H51NO8Si/c1-40(2,3)50(34-22-14-8-15-23-34,35-24-16-9-17-25-35)49-29-37(47-30-44-4)38(48-31-45-5)36(27-42)41(26-32-18-10-6-11-19-32)39(43)46-28-33-20-12-7-13-21-33/h6-25,36-38,42H,26-31H2,1-5H3/t36-,37+,38+/m1/s1. The second kappa shape index (κ2) is 19.5. The van der Waals surface area contributed by atoms with Crippen molar-refractivity contribution in [1.82, 2.24) is 4.90 Å². The molecule has 0 bridgehead atoms. The summed E-state index contributed by atoms with van der Waals surface area (Å²) in [6, 6.07) is 38.7. The number of methoxy groups -OCH3 is 2. The third kappa shape index (κ3) is 10.1. The average Bonchev–Trinajstić information content (AvgIpc) is 3.14. The minimum atomic E-state index is -3.01. The molecule has 0 saturated carbocycles. The number of nitrogens with zero attached hydrogens (tertiary/aromatic N) is 1. The highest BCUT2D eigenvalue weighted by molar-refractivity contribution is 6.99. The third-order valence-electron chi connectivity index (χ3n) is 8.63. The summed E-state index contributed by atoms with van der Waals surface area (Å²) in [5, 5.41) is 13.0. The van der Waals surface area contributed by atoms with Gasteiger partial charge in [-0.05, 0) is 26.5 Å². The summed E-state index contributed by atoms with van der Waals surface area (Å²) < 4.78 is 36.5. The lowest BCUT2D eigenvalue weighted by Crippen LogP contribution is -2.67. The van der Waals surface area contributed by atoms with Crippen LogP contribution in [0.25, 0.3) is 0 Å². The first-order valence-corrected chi connectivity index (χ1v) is 18.7. The Bertz CT molecular complexity index is 1480. The topological polar surface area (TPSA) is 95.9 Å². The highest BCUT2D eigenvalue weighted by atomic mass is 28.4. The quantitative estimate of drug-likeness (QED) is 0.0978. The predicted molar refractivity (Wildman–Crippen MR) is 197 cm³/mol. The molecule has 1 amide bonds. The molecule has 268 valence electrons. The Kier molecular flexibility index (Phi) is 15.2. The maximum atomic E-state index is 14.0. The van der Waals surface area contributed by atoms with E-state index in [9.17, 15) is 9.90 Å². The second-order valence-corrected chi connectivity index (χ2v) is 17.3. The van der Waals surface area contributed by atoms with Crippen LogP contribution in [0.2, 0.25) is 5.04 Å². The van der Waals surface area contributed by atoms with Crippen molar-refractivity contribution < 1.29 is 38.0 Å². The molecule has 0 aliphatic heterocycles. The van der Waals surface area contributed by atoms with Crippen LogP contribution in [0, 0.1) is 0 Å². The Morgan fingerprint density at radius 3 is 1.68 bits per heavy atom. The molecular formula is C40H51NO8Si. The maximum absolute atomic E-state index is 14.0. The van der Waals surface area contributed by atoms with E-state index >= 15 is 0 Å². The molecule has 0 unspecified atom stereocenters. The number of aliphatic hydroxyl groups is 1. The normalized spacial score (nSPS) is 13.7. The van der Waals surface area contributed by atoms with Crippen molar-refractivity contribution in [2.24, 2.45) is 0 Å². The fourth-order valence-corrected chi connectivity index (χ4v) is 10.8. The first-order valence-electron chi connectivity index (χ1n) is 16.8. The summed E-state index contributed by atoms with van der Waals surface area (Å²) in [4.78, 5) is 15.5. The van der Waals surface area contributed by atoms with E-state index in [2.05, 4.69) is 45.0 Å². The second-order valence-electron chi connectivity index (χ2n) is 13.0. The number of carbonyl (C=O) groups is 1. The number of benzene rings is 4. The third-order valence-corrected chi connectivity index (χ3v) is 13.6. The van der Waals surface area contributed by atoms with Gasteiger partial charge in [-0.3, -0.25) is 4.90 Å². The van der Waals surface area contributed by atoms with E-state index in [-0.39, 0.29) is 38.4 Å². The van der Waals surface area contributed by atoms with Crippen LogP contribution in [-0.4, -0.2) is 83.7 Å². The monoisotopic (exact) mass is 701 g/mol. The molecule has 10 heteroatoms. The van der Waals surface area contributed by atoms with E-state index < -0.39 is 39.3 Å². The number of amides is 1. The van der Waals surface area contributed by atoms with Gasteiger partial charge in [0.25, 0.3) is 8.32 Å². The smallest absolute Gasteiger partial charge is 0.410 e. The average molecular weight is 702 g/mol. The van der Waals surface area contributed by atoms with Crippen molar-refractivity contribution in [2.45, 2.75) is 57.2 Å². The van der Waals surface area contributed by atoms with Crippen LogP contribution in [0.4, 0.5) is 4.79 Å². The number of aliphatic hydroxyl groups excluding tert-OH is 1. The van der Waals surface area contributed by atoms with Crippen LogP contribution in [0.1, 0.15) is 31.9 Å². The summed E-state index contributed by atoms with van der Waals surface area (Å²) in [7, 11) is 0.0487. The van der Waals surface area contributed by atoms with Gasteiger partial charge in [0.05, 0.1) is 19.3 Å². The molecule has 4 aromatic rings. The Hall–Kier alpha value is -3.87. The Labute approximate surface area is 297 Å². The lowest BCUT2D eigenvalue weighted by atomic mass is 10.0. The van der Waals surface area contributed by atoms with Crippen LogP contribution in [-0.2, 0) is 41.3 Å². The predicted octanol–water partition coefficient (Wildman–Crippen LogP) is 5.74. The number of rotatable bonds is 19. The van der Waals surface area contributed by atoms with Crippen molar-refractivity contribution in [3.8, 4) is 0 Å². The van der Waals surface area contributed by atoms with Crippen LogP contribution >= 0.6 is 0 Å². The molecule has 0 heterocycles. The number of hydrogen-bond acceptors (Lipinski definition) is 8. The van der Waals surface area contributed by atoms with Crippen LogP contribution < -0.4 is 10.4 Å². The molecule has 4 aromatic carbocycles. The van der Waals surface area contributed by atoms with Crippen molar-refractivity contribution in [1.29, 1.82) is 0 Å². The van der Waals surface area contributed by atoms with E-state index in [1.54, 1.807) is 0 Å². The fraction of sp³-hybridized carbons (Fsp3) is 0.375. The van der Waals surface area contributed by atoms with Crippen molar-refractivity contribution in [3.05, 3.63) is 132 Å². The molecule has 4 rings (SSSR count). The van der Waals surface area contributed by atoms with Gasteiger partial charge in [-0.25, -0.2) is 4.79 Å². The van der Waals surface area contributed by atoms with E-state index in [0.717, 1.165) is 21.5 Å². The Balaban J connectivity index is 1.75. The van der Waals surface area contributed by atoms with Crippen molar-refractivity contribution in [3.63, 3.8) is 0 Å². The zero-order valence-electron chi connectivity index (χ0n) is 29.8. The summed E-state index contributed by atoms with van der Waals surface area (Å²) in [6.07, 6.45) is -2.33. The molecule has 0 aliphatic carbocycles. The van der Waals surface area contributed by atoms with Gasteiger partial charge in [-0.2, -0.15) is 0 Å². The van der Waals surface area contributed by atoms with Gasteiger partial charge >= 0.3 is 6.09 Å². The SMILES string of the molecule is COCO[C@H]([C@H](CO[Si](c1ccccc1)(c1ccccc1)C(C)(C)C)OCOC)[C@@H](CO)N(Cc1ccccc1)C(=O)OCc1ccccc1. The lowest BCUT2D eigenvalue weighted by molar-refractivity contribution is -0.186. The zero-order chi connectivity index (χ0) is 35.8. The molecule has 0 spiro atoms. The molecule has 3 atom stereocenters. The molecule has 0 radical (unpaired) electrons. The van der Waals surface area contributed by atoms with Gasteiger partial charge in [-0.15, -0.1) is 0 Å². The van der Waals surface area contributed by atoms with Gasteiger partial charge in [-0.1, -0.05) is 142 Å². The Morgan fingerprint density at radius 1 is 0.720 bits per heavy atom. The fourth-order valence-electron chi connectivity index (χ4n) is 6.25. The first kappa shape index (κ1) is 38.9. The van der Waals surface area contributed by atoms with E-state index in [0.29, 0.717) is 0 Å². The van der Waals surface area contributed by atoms with Gasteiger partial charge in [0.1, 0.15) is 32.4 Å². The molecule has 1 N–H and O–H groups in total. The Morgan fingerprint density at radius 2 is 1.20 bits per heavy atom. The summed E-state index contributed by atoms with van der Waals surface area (Å²) >= 11 is 0. The van der Waals surface area contributed by atoms with Gasteiger partial charge < -0.3 is 33.2 Å². The lowest BCUT2D eigenvalue weighted by Gasteiger charge is -2.45. The largest absolute Gasteiger partial charge is 0.445 e. The summed E-state index contributed by atoms with van der Waals surface area (Å²) in [5.41, 5.74) is 1.69. The highest BCUT2D eigenvalue weighted by Crippen LogP contribution is 2.37. The maximum Gasteiger partial charge on any atom is 0.410 e. The van der Waals surface area contributed by atoms with Crippen LogP contribution in [0.5, 0.6) is 0 Å². The van der Waals surface area contributed by atoms with E-state index in [1.807, 2.05) is 97.1 Å². The molecular weight excluding hydrogens is 651 g/mol. The van der Waals surface area contributed by atoms with Gasteiger partial charge in [0.15, 0.2) is 0 Å². The molecule has 0 aliphatic rings. The molecule has 50 heavy (non-hydrogen) atoms. The minimum absolute atomic E-state index is 0.0628. The number of carbonyl (C=O) groups excluding carboxylic acids is 1. The van der Waals surface area contributed by atoms with Gasteiger partial charge in [0, 0.05) is 20.8 Å². The minimum Gasteiger partial charge on any atom is -0.445 e. The van der Waals surface area contributed by atoms with Crippen molar-refractivity contribution in [2.75, 3.05) is 41.0 Å². The number of ether oxygens (including phenoxy) is 5. The summed E-state index contributed by atoms with van der Waals surface area (Å²) in [5.74, 6) is 0.